The molecule has 2 aromatic carbocycles. The van der Waals surface area contributed by atoms with Crippen molar-refractivity contribution in [3.05, 3.63) is 101 Å². The zero-order valence-corrected chi connectivity index (χ0v) is 20.9. The average Bonchev–Trinajstić information content (AvgIpc) is 3.21. The Bertz CT molecular complexity index is 1600. The summed E-state index contributed by atoms with van der Waals surface area (Å²) in [6, 6.07) is 19.5. The molecule has 5 aromatic rings. The summed E-state index contributed by atoms with van der Waals surface area (Å²) in [7, 11) is 0. The quantitative estimate of drug-likeness (QED) is 0.307. The highest BCUT2D eigenvalue weighted by Crippen LogP contribution is 2.30. The molecule has 0 unspecified atom stereocenters. The molecule has 0 aliphatic heterocycles. The van der Waals surface area contributed by atoms with E-state index in [-0.39, 0.29) is 5.56 Å². The molecule has 0 amide bonds. The second-order valence-electron chi connectivity index (χ2n) is 9.20. The molecular formula is C30H28N4O2. The van der Waals surface area contributed by atoms with Crippen LogP contribution in [0.25, 0.3) is 33.5 Å². The standard InChI is InChI=1S/C30H28N4O2/c1-5-27-33-28-19(3)15-20(4)32-29(28)34(27)17-21-6-8-22(9-7-21)25-16-23(10-11-24(25)30(35)36)26-14-18(2)12-13-31-26/h6-16H,5,17H2,1-4H3,(H,35,36). The lowest BCUT2D eigenvalue weighted by Crippen LogP contribution is -2.06. The first-order valence-corrected chi connectivity index (χ1v) is 12.1. The number of carboxylic acids is 1. The summed E-state index contributed by atoms with van der Waals surface area (Å²) < 4.78 is 2.18. The lowest BCUT2D eigenvalue weighted by molar-refractivity contribution is 0.0697. The number of benzene rings is 2. The summed E-state index contributed by atoms with van der Waals surface area (Å²) in [5, 5.41) is 9.83. The number of nitrogens with zero attached hydrogens (tertiary/aromatic N) is 4. The molecule has 1 N–H and O–H groups in total. The fourth-order valence-corrected chi connectivity index (χ4v) is 4.68. The van der Waals surface area contributed by atoms with Gasteiger partial charge in [0.1, 0.15) is 11.3 Å². The van der Waals surface area contributed by atoms with Gasteiger partial charge in [-0.3, -0.25) is 4.98 Å². The predicted molar refractivity (Wildman–Crippen MR) is 142 cm³/mol. The van der Waals surface area contributed by atoms with E-state index < -0.39 is 5.97 Å². The Kier molecular flexibility index (Phi) is 6.10. The van der Waals surface area contributed by atoms with E-state index in [2.05, 4.69) is 29.5 Å². The molecule has 0 atom stereocenters. The van der Waals surface area contributed by atoms with E-state index >= 15 is 0 Å². The molecule has 0 radical (unpaired) electrons. The number of carboxylic acid groups (broad SMARTS) is 1. The number of rotatable bonds is 6. The third-order valence-electron chi connectivity index (χ3n) is 6.48. The molecule has 3 aromatic heterocycles. The van der Waals surface area contributed by atoms with Gasteiger partial charge in [-0.25, -0.2) is 14.8 Å². The summed E-state index contributed by atoms with van der Waals surface area (Å²) in [5.74, 6) is 0.0499. The molecule has 0 aliphatic rings. The number of pyridine rings is 2. The zero-order chi connectivity index (χ0) is 25.4. The van der Waals surface area contributed by atoms with Crippen LogP contribution in [0.4, 0.5) is 0 Å². The summed E-state index contributed by atoms with van der Waals surface area (Å²) in [6.45, 7) is 8.84. The van der Waals surface area contributed by atoms with Gasteiger partial charge in [0.05, 0.1) is 17.8 Å². The molecule has 180 valence electrons. The number of aromatic nitrogens is 4. The summed E-state index contributed by atoms with van der Waals surface area (Å²) in [6.07, 6.45) is 2.58. The highest BCUT2D eigenvalue weighted by atomic mass is 16.4. The Morgan fingerprint density at radius 2 is 1.67 bits per heavy atom. The Hall–Kier alpha value is -4.32. The maximum atomic E-state index is 12.0. The number of hydrogen-bond acceptors (Lipinski definition) is 4. The van der Waals surface area contributed by atoms with Gasteiger partial charge in [0.2, 0.25) is 0 Å². The minimum absolute atomic E-state index is 0.267. The SMILES string of the molecule is CCc1nc2c(C)cc(C)nc2n1Cc1ccc(-c2cc(-c3cc(C)ccn3)ccc2C(=O)O)cc1. The second-order valence-corrected chi connectivity index (χ2v) is 9.20. The van der Waals surface area contributed by atoms with E-state index in [9.17, 15) is 9.90 Å². The first kappa shape index (κ1) is 23.4. The molecule has 5 rings (SSSR count). The molecule has 0 bridgehead atoms. The summed E-state index contributed by atoms with van der Waals surface area (Å²) in [4.78, 5) is 26.1. The molecule has 6 nitrogen and oxygen atoms in total. The molecule has 0 saturated carbocycles. The van der Waals surface area contributed by atoms with Crippen molar-refractivity contribution in [2.45, 2.75) is 40.7 Å². The summed E-state index contributed by atoms with van der Waals surface area (Å²) >= 11 is 0. The number of fused-ring (bicyclic) bond motifs is 1. The molecule has 6 heteroatoms. The van der Waals surface area contributed by atoms with Crippen LogP contribution in [0.2, 0.25) is 0 Å². The molecular weight excluding hydrogens is 448 g/mol. The topological polar surface area (TPSA) is 80.9 Å². The van der Waals surface area contributed by atoms with Crippen LogP contribution in [-0.2, 0) is 13.0 Å². The van der Waals surface area contributed by atoms with Crippen LogP contribution in [0.5, 0.6) is 0 Å². The van der Waals surface area contributed by atoms with E-state index in [1.165, 1.54) is 0 Å². The lowest BCUT2D eigenvalue weighted by Gasteiger charge is -2.12. The third kappa shape index (κ3) is 4.38. The molecule has 0 spiro atoms. The van der Waals surface area contributed by atoms with E-state index in [1.54, 1.807) is 12.3 Å². The largest absolute Gasteiger partial charge is 0.478 e. The van der Waals surface area contributed by atoms with Crippen molar-refractivity contribution < 1.29 is 9.90 Å². The fraction of sp³-hybridized carbons (Fsp3) is 0.200. The molecule has 36 heavy (non-hydrogen) atoms. The first-order chi connectivity index (χ1) is 17.3. The smallest absolute Gasteiger partial charge is 0.336 e. The maximum Gasteiger partial charge on any atom is 0.336 e. The monoisotopic (exact) mass is 476 g/mol. The minimum Gasteiger partial charge on any atom is -0.478 e. The van der Waals surface area contributed by atoms with Crippen LogP contribution in [0, 0.1) is 20.8 Å². The first-order valence-electron chi connectivity index (χ1n) is 12.1. The molecule has 0 aliphatic carbocycles. The van der Waals surface area contributed by atoms with Crippen LogP contribution in [0.1, 0.15) is 45.5 Å². The summed E-state index contributed by atoms with van der Waals surface area (Å²) in [5.41, 5.74) is 9.65. The molecule has 3 heterocycles. The van der Waals surface area contributed by atoms with Crippen molar-refractivity contribution in [3.63, 3.8) is 0 Å². The van der Waals surface area contributed by atoms with Crippen molar-refractivity contribution in [2.24, 2.45) is 0 Å². The van der Waals surface area contributed by atoms with Gasteiger partial charge in [-0.15, -0.1) is 0 Å². The third-order valence-corrected chi connectivity index (χ3v) is 6.48. The highest BCUT2D eigenvalue weighted by molar-refractivity contribution is 5.97. The normalized spacial score (nSPS) is 11.2. The van der Waals surface area contributed by atoms with Gasteiger partial charge in [-0.05, 0) is 78.9 Å². The number of carbonyl (C=O) groups is 1. The van der Waals surface area contributed by atoms with Crippen LogP contribution < -0.4 is 0 Å². The Labute approximate surface area is 210 Å². The minimum atomic E-state index is -0.952. The number of hydrogen-bond donors (Lipinski definition) is 1. The fourth-order valence-electron chi connectivity index (χ4n) is 4.68. The number of aryl methyl sites for hydroxylation is 4. The van der Waals surface area contributed by atoms with Crippen LogP contribution in [-0.4, -0.2) is 30.6 Å². The van der Waals surface area contributed by atoms with Crippen molar-refractivity contribution in [2.75, 3.05) is 0 Å². The highest BCUT2D eigenvalue weighted by Gasteiger charge is 2.16. The Morgan fingerprint density at radius 3 is 2.36 bits per heavy atom. The van der Waals surface area contributed by atoms with Crippen LogP contribution in [0.15, 0.2) is 66.9 Å². The number of imidazole rings is 1. The number of aromatic carboxylic acids is 1. The van der Waals surface area contributed by atoms with E-state index in [0.29, 0.717) is 12.1 Å². The Morgan fingerprint density at radius 1 is 0.917 bits per heavy atom. The van der Waals surface area contributed by atoms with Crippen LogP contribution >= 0.6 is 0 Å². The van der Waals surface area contributed by atoms with Gasteiger partial charge in [-0.2, -0.15) is 0 Å². The zero-order valence-electron chi connectivity index (χ0n) is 20.9. The van der Waals surface area contributed by atoms with E-state index in [4.69, 9.17) is 9.97 Å². The van der Waals surface area contributed by atoms with Gasteiger partial charge in [0.15, 0.2) is 5.65 Å². The lowest BCUT2D eigenvalue weighted by atomic mass is 9.95. The molecule has 0 fully saturated rings. The maximum absolute atomic E-state index is 12.0. The van der Waals surface area contributed by atoms with Crippen molar-refractivity contribution in [1.29, 1.82) is 0 Å². The van der Waals surface area contributed by atoms with Gasteiger partial charge >= 0.3 is 5.97 Å². The Balaban J connectivity index is 1.52. The van der Waals surface area contributed by atoms with Gasteiger partial charge in [0, 0.05) is 23.9 Å². The van der Waals surface area contributed by atoms with Crippen molar-refractivity contribution >= 4 is 17.1 Å². The molecule has 0 saturated heterocycles. The van der Waals surface area contributed by atoms with Crippen molar-refractivity contribution in [1.82, 2.24) is 19.5 Å². The van der Waals surface area contributed by atoms with Crippen LogP contribution in [0.3, 0.4) is 0 Å². The van der Waals surface area contributed by atoms with Gasteiger partial charge in [0.25, 0.3) is 0 Å². The second kappa shape index (κ2) is 9.38. The van der Waals surface area contributed by atoms with Gasteiger partial charge in [-0.1, -0.05) is 37.3 Å². The average molecular weight is 477 g/mol. The predicted octanol–water partition coefficient (Wildman–Crippen LogP) is 6.39. The van der Waals surface area contributed by atoms with E-state index in [1.807, 2.05) is 62.4 Å². The van der Waals surface area contributed by atoms with Gasteiger partial charge < -0.3 is 9.67 Å². The van der Waals surface area contributed by atoms with E-state index in [0.717, 1.165) is 62.6 Å². The van der Waals surface area contributed by atoms with Crippen molar-refractivity contribution in [3.8, 4) is 22.4 Å².